The van der Waals surface area contributed by atoms with Crippen LogP contribution >= 0.6 is 11.6 Å². The van der Waals surface area contributed by atoms with Crippen LogP contribution in [0.4, 0.5) is 4.39 Å². The Balaban J connectivity index is 2.33. The fourth-order valence-electron chi connectivity index (χ4n) is 2.28. The number of fused-ring (bicyclic) bond motifs is 1. The molecule has 1 aromatic heterocycles. The number of rotatable bonds is 3. The van der Waals surface area contributed by atoms with Crippen LogP contribution in [0.2, 0.25) is 5.02 Å². The Hall–Kier alpha value is -2.33. The van der Waals surface area contributed by atoms with Gasteiger partial charge in [-0.3, -0.25) is 0 Å². The molecule has 0 spiro atoms. The van der Waals surface area contributed by atoms with E-state index in [-0.39, 0.29) is 10.8 Å². The summed E-state index contributed by atoms with van der Waals surface area (Å²) >= 11 is 6.04. The second-order valence-corrected chi connectivity index (χ2v) is 4.97. The van der Waals surface area contributed by atoms with E-state index in [4.69, 9.17) is 16.1 Å². The summed E-state index contributed by atoms with van der Waals surface area (Å²) in [6, 6.07) is 7.80. The molecular weight excluding hydrogens is 293 g/mol. The Morgan fingerprint density at radius 2 is 2.14 bits per heavy atom. The van der Waals surface area contributed by atoms with Gasteiger partial charge in [-0.05, 0) is 24.6 Å². The largest absolute Gasteiger partial charge is 0.506 e. The van der Waals surface area contributed by atoms with E-state index in [1.165, 1.54) is 12.1 Å². The van der Waals surface area contributed by atoms with Gasteiger partial charge in [-0.25, -0.2) is 4.39 Å². The van der Waals surface area contributed by atoms with Gasteiger partial charge in [0.1, 0.15) is 17.3 Å². The van der Waals surface area contributed by atoms with Crippen molar-refractivity contribution in [1.82, 2.24) is 5.16 Å². The third kappa shape index (κ3) is 2.17. The smallest absolute Gasteiger partial charge is 0.174 e. The molecule has 0 bridgehead atoms. The van der Waals surface area contributed by atoms with E-state index in [0.29, 0.717) is 34.2 Å². The molecule has 3 rings (SSSR count). The molecule has 0 unspecified atom stereocenters. The predicted molar refractivity (Wildman–Crippen MR) is 80.0 cm³/mol. The lowest BCUT2D eigenvalue weighted by atomic mass is 10.0. The van der Waals surface area contributed by atoms with Crippen LogP contribution in [0.3, 0.4) is 0 Å². The lowest BCUT2D eigenvalue weighted by molar-refractivity contribution is 0.445. The third-order valence-corrected chi connectivity index (χ3v) is 3.55. The average molecular weight is 304 g/mol. The van der Waals surface area contributed by atoms with Gasteiger partial charge in [0, 0.05) is 11.1 Å². The van der Waals surface area contributed by atoms with Crippen LogP contribution in [0.1, 0.15) is 5.56 Å². The number of phenolic OH excluding ortho intramolecular Hbond substituents is 1. The Labute approximate surface area is 125 Å². The molecule has 106 valence electrons. The van der Waals surface area contributed by atoms with E-state index in [1.807, 2.05) is 0 Å². The fraction of sp³-hybridized carbons (Fsp3) is 0.0625. The quantitative estimate of drug-likeness (QED) is 0.712. The molecule has 0 aliphatic carbocycles. The van der Waals surface area contributed by atoms with E-state index in [1.54, 1.807) is 24.3 Å². The van der Waals surface area contributed by atoms with Crippen molar-refractivity contribution >= 4 is 22.6 Å². The molecule has 0 aliphatic heterocycles. The fourth-order valence-corrected chi connectivity index (χ4v) is 2.50. The molecule has 3 nitrogen and oxygen atoms in total. The van der Waals surface area contributed by atoms with Gasteiger partial charge in [-0.15, -0.1) is 6.58 Å². The van der Waals surface area contributed by atoms with Crippen molar-refractivity contribution in [2.24, 2.45) is 0 Å². The summed E-state index contributed by atoms with van der Waals surface area (Å²) in [7, 11) is 0. The minimum Gasteiger partial charge on any atom is -0.506 e. The highest BCUT2D eigenvalue weighted by Crippen LogP contribution is 2.39. The summed E-state index contributed by atoms with van der Waals surface area (Å²) in [5.41, 5.74) is 1.55. The van der Waals surface area contributed by atoms with Crippen molar-refractivity contribution < 1.29 is 14.0 Å². The van der Waals surface area contributed by atoms with Crippen LogP contribution in [0.15, 0.2) is 47.5 Å². The van der Waals surface area contributed by atoms with Gasteiger partial charge in [0.25, 0.3) is 0 Å². The topological polar surface area (TPSA) is 46.3 Å². The minimum absolute atomic E-state index is 0.0692. The van der Waals surface area contributed by atoms with Crippen molar-refractivity contribution in [3.63, 3.8) is 0 Å². The molecule has 0 saturated heterocycles. The zero-order chi connectivity index (χ0) is 15.0. The zero-order valence-corrected chi connectivity index (χ0v) is 11.7. The van der Waals surface area contributed by atoms with Crippen LogP contribution < -0.4 is 0 Å². The summed E-state index contributed by atoms with van der Waals surface area (Å²) in [6.07, 6.45) is 1.99. The van der Waals surface area contributed by atoms with Crippen LogP contribution in [-0.4, -0.2) is 10.3 Å². The Morgan fingerprint density at radius 3 is 2.86 bits per heavy atom. The number of nitrogens with zero attached hydrogens (tertiary/aromatic N) is 1. The van der Waals surface area contributed by atoms with E-state index >= 15 is 0 Å². The zero-order valence-electron chi connectivity index (χ0n) is 10.9. The van der Waals surface area contributed by atoms with Gasteiger partial charge >= 0.3 is 0 Å². The highest BCUT2D eigenvalue weighted by atomic mass is 35.5. The summed E-state index contributed by atoms with van der Waals surface area (Å²) in [5, 5.41) is 14.7. The van der Waals surface area contributed by atoms with Crippen molar-refractivity contribution in [1.29, 1.82) is 0 Å². The number of hydrogen-bond acceptors (Lipinski definition) is 3. The molecule has 1 N–H and O–H groups in total. The molecule has 0 fully saturated rings. The molecule has 0 atom stereocenters. The lowest BCUT2D eigenvalue weighted by Gasteiger charge is -2.05. The number of halogens is 2. The second kappa shape index (κ2) is 5.22. The van der Waals surface area contributed by atoms with Crippen LogP contribution in [-0.2, 0) is 6.42 Å². The van der Waals surface area contributed by atoms with Crippen molar-refractivity contribution in [2.75, 3.05) is 0 Å². The van der Waals surface area contributed by atoms with E-state index in [0.717, 1.165) is 0 Å². The summed E-state index contributed by atoms with van der Waals surface area (Å²) in [6.45, 7) is 3.64. The first-order valence-electron chi connectivity index (χ1n) is 6.29. The van der Waals surface area contributed by atoms with Gasteiger partial charge in [-0.2, -0.15) is 0 Å². The Bertz CT molecular complexity index is 842. The number of aromatic hydroxyl groups is 1. The molecule has 0 aliphatic rings. The van der Waals surface area contributed by atoms with Crippen molar-refractivity contribution in [3.05, 3.63) is 59.4 Å². The van der Waals surface area contributed by atoms with E-state index in [9.17, 15) is 9.50 Å². The molecule has 5 heteroatoms. The first-order valence-corrected chi connectivity index (χ1v) is 6.66. The Kier molecular flexibility index (Phi) is 3.39. The van der Waals surface area contributed by atoms with Crippen LogP contribution in [0.5, 0.6) is 5.75 Å². The first-order chi connectivity index (χ1) is 10.1. The highest BCUT2D eigenvalue weighted by Gasteiger charge is 2.20. The number of phenols is 1. The van der Waals surface area contributed by atoms with Gasteiger partial charge in [0.05, 0.1) is 10.4 Å². The van der Waals surface area contributed by atoms with E-state index < -0.39 is 5.82 Å². The molecule has 21 heavy (non-hydrogen) atoms. The number of benzene rings is 2. The van der Waals surface area contributed by atoms with E-state index in [2.05, 4.69) is 11.7 Å². The summed E-state index contributed by atoms with van der Waals surface area (Å²) in [4.78, 5) is 0. The maximum atomic E-state index is 13.9. The van der Waals surface area contributed by atoms with Crippen molar-refractivity contribution in [2.45, 2.75) is 6.42 Å². The molecule has 0 amide bonds. The minimum atomic E-state index is -0.401. The monoisotopic (exact) mass is 303 g/mol. The normalized spacial score (nSPS) is 11.0. The van der Waals surface area contributed by atoms with Crippen LogP contribution in [0, 0.1) is 5.82 Å². The number of allylic oxidation sites excluding steroid dienone is 1. The predicted octanol–water partition coefficient (Wildman–Crippen LogP) is 4.72. The van der Waals surface area contributed by atoms with Crippen LogP contribution in [0.25, 0.3) is 22.2 Å². The number of aromatic nitrogens is 1. The van der Waals surface area contributed by atoms with Gasteiger partial charge in [0.15, 0.2) is 5.58 Å². The second-order valence-electron chi connectivity index (χ2n) is 4.57. The summed E-state index contributed by atoms with van der Waals surface area (Å²) in [5.74, 6) is -0.470. The highest BCUT2D eigenvalue weighted by molar-refractivity contribution is 6.33. The molecule has 3 aromatic rings. The summed E-state index contributed by atoms with van der Waals surface area (Å²) < 4.78 is 19.2. The van der Waals surface area contributed by atoms with Gasteiger partial charge < -0.3 is 9.63 Å². The van der Waals surface area contributed by atoms with Gasteiger partial charge in [0.2, 0.25) is 0 Å². The Morgan fingerprint density at radius 1 is 1.38 bits per heavy atom. The standard InChI is InChI=1S/C16H11ClFNO2/c1-2-5-10-15(20)12(17)8-11-14(19-21-16(10)11)9-6-3-4-7-13(9)18/h2-4,6-8,20H,1,5H2. The SMILES string of the molecule is C=CCc1c(O)c(Cl)cc2c(-c3ccccc3F)noc12. The maximum Gasteiger partial charge on any atom is 0.174 e. The molecule has 2 aromatic carbocycles. The number of hydrogen-bond donors (Lipinski definition) is 1. The molecule has 1 heterocycles. The first kappa shape index (κ1) is 13.6. The average Bonchev–Trinajstić information content (AvgIpc) is 2.87. The van der Waals surface area contributed by atoms with Crippen molar-refractivity contribution in [3.8, 4) is 17.0 Å². The molecular formula is C16H11ClFNO2. The van der Waals surface area contributed by atoms with Gasteiger partial charge in [-0.1, -0.05) is 35.0 Å². The third-order valence-electron chi connectivity index (χ3n) is 3.26. The molecule has 0 radical (unpaired) electrons. The maximum absolute atomic E-state index is 13.9. The molecule has 0 saturated carbocycles. The lowest BCUT2D eigenvalue weighted by Crippen LogP contribution is -1.87.